The minimum absolute atomic E-state index is 0.114. The van der Waals surface area contributed by atoms with Crippen LogP contribution < -0.4 is 15.5 Å². The molecule has 4 N–H and O–H groups in total. The molecule has 0 fully saturated rings. The fourth-order valence-corrected chi connectivity index (χ4v) is 4.13. The average Bonchev–Trinajstić information content (AvgIpc) is 2.82. The lowest BCUT2D eigenvalue weighted by atomic mass is 10.1. The molecule has 12 heteroatoms. The first-order chi connectivity index (χ1) is 16.0. The van der Waals surface area contributed by atoms with Crippen LogP contribution in [0.4, 0.5) is 18.9 Å². The number of anilines is 1. The zero-order chi connectivity index (χ0) is 24.9. The molecule has 0 radical (unpaired) electrons. The van der Waals surface area contributed by atoms with Gasteiger partial charge in [0.1, 0.15) is 6.04 Å². The molecule has 0 aliphatic carbocycles. The van der Waals surface area contributed by atoms with Crippen molar-refractivity contribution in [2.45, 2.75) is 17.1 Å². The van der Waals surface area contributed by atoms with Crippen LogP contribution >= 0.6 is 0 Å². The van der Waals surface area contributed by atoms with Crippen LogP contribution in [0.15, 0.2) is 83.8 Å². The van der Waals surface area contributed by atoms with E-state index in [1.54, 1.807) is 18.2 Å². The summed E-state index contributed by atoms with van der Waals surface area (Å²) in [4.78, 5) is 23.9. The second-order valence-corrected chi connectivity index (χ2v) is 8.71. The first-order valence-electron chi connectivity index (χ1n) is 9.61. The third-order valence-electron chi connectivity index (χ3n) is 4.68. The maximum atomic E-state index is 13.0. The highest BCUT2D eigenvalue weighted by molar-refractivity contribution is 7.89. The summed E-state index contributed by atoms with van der Waals surface area (Å²) in [5, 5.41) is 11.2. The molecule has 0 spiro atoms. The van der Waals surface area contributed by atoms with Crippen molar-refractivity contribution in [3.05, 3.63) is 95.6 Å². The predicted octanol–water partition coefficient (Wildman–Crippen LogP) is 3.48. The van der Waals surface area contributed by atoms with E-state index >= 15 is 0 Å². The van der Waals surface area contributed by atoms with Gasteiger partial charge >= 0.3 is 6.18 Å². The molecule has 34 heavy (non-hydrogen) atoms. The van der Waals surface area contributed by atoms with Crippen LogP contribution in [0.2, 0.25) is 0 Å². The number of hydrogen-bond donors (Lipinski definition) is 4. The number of halogens is 3. The van der Waals surface area contributed by atoms with Gasteiger partial charge in [0.15, 0.2) is 0 Å². The van der Waals surface area contributed by atoms with E-state index in [1.165, 1.54) is 41.9 Å². The van der Waals surface area contributed by atoms with Crippen LogP contribution in [0.1, 0.15) is 27.5 Å². The highest BCUT2D eigenvalue weighted by atomic mass is 32.2. The molecule has 0 aromatic heterocycles. The van der Waals surface area contributed by atoms with Crippen LogP contribution in [0.25, 0.3) is 0 Å². The Morgan fingerprint density at radius 3 is 1.97 bits per heavy atom. The molecular weight excluding hydrogens is 475 g/mol. The molecule has 0 heterocycles. The maximum Gasteiger partial charge on any atom is 0.416 e. The van der Waals surface area contributed by atoms with Crippen molar-refractivity contribution in [3.8, 4) is 0 Å². The summed E-state index contributed by atoms with van der Waals surface area (Å²) < 4.78 is 66.3. The van der Waals surface area contributed by atoms with E-state index in [1.807, 2.05) is 0 Å². The van der Waals surface area contributed by atoms with Crippen LogP contribution in [0, 0.1) is 0 Å². The predicted molar refractivity (Wildman–Crippen MR) is 115 cm³/mol. The first-order valence-corrected chi connectivity index (χ1v) is 11.1. The van der Waals surface area contributed by atoms with Crippen molar-refractivity contribution < 1.29 is 36.4 Å². The van der Waals surface area contributed by atoms with Crippen LogP contribution in [0.5, 0.6) is 0 Å². The summed E-state index contributed by atoms with van der Waals surface area (Å²) in [6.45, 7) is 0. The molecule has 178 valence electrons. The average molecular weight is 493 g/mol. The van der Waals surface area contributed by atoms with Crippen molar-refractivity contribution in [2.24, 2.45) is 0 Å². The van der Waals surface area contributed by atoms with Gasteiger partial charge in [-0.15, -0.1) is 0 Å². The van der Waals surface area contributed by atoms with Crippen LogP contribution in [0.3, 0.4) is 0 Å². The van der Waals surface area contributed by atoms with Gasteiger partial charge in [-0.05, 0) is 54.1 Å². The minimum atomic E-state index is -4.63. The number of alkyl halides is 3. The zero-order valence-electron chi connectivity index (χ0n) is 17.2. The third-order valence-corrected chi connectivity index (χ3v) is 6.11. The molecule has 3 aromatic rings. The largest absolute Gasteiger partial charge is 0.416 e. The van der Waals surface area contributed by atoms with Crippen LogP contribution in [-0.4, -0.2) is 25.4 Å². The summed E-state index contributed by atoms with van der Waals surface area (Å²) in [6, 6.07) is 14.7. The van der Waals surface area contributed by atoms with Gasteiger partial charge in [-0.1, -0.05) is 30.3 Å². The lowest BCUT2D eigenvalue weighted by molar-refractivity contribution is -0.137. The SMILES string of the molecule is O=C(NO)c1ccc(NC(=O)C(NS(=O)(=O)c2ccc(C(F)(F)F)cc2)c2ccccc2)cc1. The Balaban J connectivity index is 1.86. The molecule has 0 bridgehead atoms. The number of sulfonamides is 1. The Bertz CT molecular complexity index is 1260. The van der Waals surface area contributed by atoms with E-state index in [-0.39, 0.29) is 16.8 Å². The highest BCUT2D eigenvalue weighted by Gasteiger charge is 2.32. The smallest absolute Gasteiger partial charge is 0.324 e. The normalized spacial score (nSPS) is 12.6. The second-order valence-electron chi connectivity index (χ2n) is 6.99. The number of carbonyl (C=O) groups excluding carboxylic acids is 2. The Labute approximate surface area is 192 Å². The number of carbonyl (C=O) groups is 2. The highest BCUT2D eigenvalue weighted by Crippen LogP contribution is 2.30. The molecule has 0 aliphatic heterocycles. The quantitative estimate of drug-likeness (QED) is 0.296. The Morgan fingerprint density at radius 1 is 0.853 bits per heavy atom. The molecule has 8 nitrogen and oxygen atoms in total. The van der Waals surface area contributed by atoms with Gasteiger partial charge in [0.25, 0.3) is 5.91 Å². The number of rotatable bonds is 7. The molecule has 1 unspecified atom stereocenters. The van der Waals surface area contributed by atoms with E-state index in [0.29, 0.717) is 12.1 Å². The standard InChI is InChI=1S/C22H18F3N3O5S/c23-22(24,25)16-8-12-18(13-9-16)34(32,33)28-19(14-4-2-1-3-5-14)21(30)26-17-10-6-15(7-11-17)20(29)27-31/h1-13,19,28,31H,(H,26,30)(H,27,29). The monoisotopic (exact) mass is 493 g/mol. The Morgan fingerprint density at radius 2 is 1.44 bits per heavy atom. The first kappa shape index (κ1) is 24.9. The molecule has 0 saturated heterocycles. The van der Waals surface area contributed by atoms with Gasteiger partial charge in [0.05, 0.1) is 10.5 Å². The van der Waals surface area contributed by atoms with E-state index in [9.17, 15) is 31.2 Å². The lowest BCUT2D eigenvalue weighted by Crippen LogP contribution is -2.37. The summed E-state index contributed by atoms with van der Waals surface area (Å²) in [5.41, 5.74) is 1.09. The molecule has 1 atom stereocenters. The number of nitrogens with one attached hydrogen (secondary N) is 3. The molecule has 0 saturated carbocycles. The van der Waals surface area contributed by atoms with Crippen molar-refractivity contribution in [1.82, 2.24) is 10.2 Å². The van der Waals surface area contributed by atoms with E-state index < -0.39 is 44.5 Å². The van der Waals surface area contributed by atoms with Crippen molar-refractivity contribution in [2.75, 3.05) is 5.32 Å². The lowest BCUT2D eigenvalue weighted by Gasteiger charge is -2.19. The zero-order valence-corrected chi connectivity index (χ0v) is 18.0. The second kappa shape index (κ2) is 10.0. The third kappa shape index (κ3) is 5.98. The van der Waals surface area contributed by atoms with Gasteiger partial charge < -0.3 is 5.32 Å². The molecule has 3 aromatic carbocycles. The van der Waals surface area contributed by atoms with Crippen molar-refractivity contribution >= 4 is 27.5 Å². The fourth-order valence-electron chi connectivity index (χ4n) is 2.95. The number of hydroxylamine groups is 1. The molecule has 2 amide bonds. The molecule has 3 rings (SSSR count). The summed E-state index contributed by atoms with van der Waals surface area (Å²) in [7, 11) is -4.39. The van der Waals surface area contributed by atoms with Crippen LogP contribution in [-0.2, 0) is 21.0 Å². The molecule has 0 aliphatic rings. The van der Waals surface area contributed by atoms with Crippen molar-refractivity contribution in [1.29, 1.82) is 0 Å². The van der Waals surface area contributed by atoms with Gasteiger partial charge in [0, 0.05) is 11.3 Å². The van der Waals surface area contributed by atoms with Gasteiger partial charge in [-0.2, -0.15) is 17.9 Å². The Hall–Kier alpha value is -3.74. The van der Waals surface area contributed by atoms with Gasteiger partial charge in [-0.3, -0.25) is 14.8 Å². The summed E-state index contributed by atoms with van der Waals surface area (Å²) in [5.74, 6) is -1.54. The van der Waals surface area contributed by atoms with Gasteiger partial charge in [0.2, 0.25) is 15.9 Å². The van der Waals surface area contributed by atoms with E-state index in [2.05, 4.69) is 10.0 Å². The summed E-state index contributed by atoms with van der Waals surface area (Å²) in [6.07, 6.45) is -4.63. The fraction of sp³-hybridized carbons (Fsp3) is 0.0909. The van der Waals surface area contributed by atoms with E-state index in [4.69, 9.17) is 5.21 Å². The van der Waals surface area contributed by atoms with E-state index in [0.717, 1.165) is 12.1 Å². The topological polar surface area (TPSA) is 125 Å². The number of amides is 2. The minimum Gasteiger partial charge on any atom is -0.324 e. The maximum absolute atomic E-state index is 13.0. The van der Waals surface area contributed by atoms with Crippen molar-refractivity contribution in [3.63, 3.8) is 0 Å². The number of benzene rings is 3. The Kier molecular flexibility index (Phi) is 7.35. The molecular formula is C22H18F3N3O5S. The summed E-state index contributed by atoms with van der Waals surface area (Å²) >= 11 is 0. The number of hydrogen-bond acceptors (Lipinski definition) is 5. The van der Waals surface area contributed by atoms with Gasteiger partial charge in [-0.25, -0.2) is 13.9 Å².